The number of rotatable bonds is 8. The van der Waals surface area contributed by atoms with Crippen LogP contribution in [-0.4, -0.2) is 24.3 Å². The standard InChI is InChI=1S/C32H27BrCl2N2O5S/c1-5-41-31(39)27-18(3)36-32-37(28(27)21-9-6-17(2)7-10-21)30(38)26(43-32)15-20-12-22(33)29(25(14-20)40-4)42-16-19-8-11-23(34)24(35)13-19/h6-15,28H,5,16H2,1-4H3/b26-15+/t28-/m0/s1. The summed E-state index contributed by atoms with van der Waals surface area (Å²) in [5.74, 6) is 0.487. The van der Waals surface area contributed by atoms with Crippen LogP contribution in [0.15, 0.2) is 80.1 Å². The molecule has 1 atom stereocenters. The maximum atomic E-state index is 13.9. The Kier molecular flexibility index (Phi) is 9.46. The van der Waals surface area contributed by atoms with Gasteiger partial charge in [-0.25, -0.2) is 9.79 Å². The van der Waals surface area contributed by atoms with Crippen LogP contribution < -0.4 is 24.4 Å². The first kappa shape index (κ1) is 31.1. The quantitative estimate of drug-likeness (QED) is 0.190. The fourth-order valence-corrected chi connectivity index (χ4v) is 6.70. The molecule has 1 aliphatic heterocycles. The largest absolute Gasteiger partial charge is 0.493 e. The predicted octanol–water partition coefficient (Wildman–Crippen LogP) is 6.76. The van der Waals surface area contributed by atoms with Gasteiger partial charge in [0.1, 0.15) is 6.61 Å². The van der Waals surface area contributed by atoms with Crippen molar-refractivity contribution in [3.63, 3.8) is 0 Å². The number of ether oxygens (including phenoxy) is 3. The molecule has 0 bridgehead atoms. The summed E-state index contributed by atoms with van der Waals surface area (Å²) < 4.78 is 19.7. The first-order valence-corrected chi connectivity index (χ1v) is 15.7. The van der Waals surface area contributed by atoms with E-state index in [1.165, 1.54) is 11.3 Å². The molecule has 7 nitrogen and oxygen atoms in total. The number of benzene rings is 3. The summed E-state index contributed by atoms with van der Waals surface area (Å²) in [5, 5.41) is 0.913. The van der Waals surface area contributed by atoms with E-state index in [2.05, 4.69) is 20.9 Å². The molecule has 43 heavy (non-hydrogen) atoms. The van der Waals surface area contributed by atoms with Crippen molar-refractivity contribution in [1.82, 2.24) is 4.57 Å². The maximum Gasteiger partial charge on any atom is 0.338 e. The van der Waals surface area contributed by atoms with E-state index >= 15 is 0 Å². The number of halogens is 3. The fourth-order valence-electron chi connectivity index (χ4n) is 4.76. The van der Waals surface area contributed by atoms with Crippen LogP contribution in [0.2, 0.25) is 10.0 Å². The lowest BCUT2D eigenvalue weighted by Gasteiger charge is -2.24. The highest BCUT2D eigenvalue weighted by Crippen LogP contribution is 2.38. The number of carbonyl (C=O) groups excluding carboxylic acids is 1. The monoisotopic (exact) mass is 700 g/mol. The molecule has 0 aliphatic carbocycles. The third kappa shape index (κ3) is 6.45. The van der Waals surface area contributed by atoms with E-state index in [9.17, 15) is 9.59 Å². The van der Waals surface area contributed by atoms with E-state index in [0.29, 0.717) is 52.2 Å². The molecule has 0 fully saturated rings. The zero-order valence-corrected chi connectivity index (χ0v) is 27.7. The van der Waals surface area contributed by atoms with Crippen molar-refractivity contribution in [2.75, 3.05) is 13.7 Å². The van der Waals surface area contributed by atoms with Crippen LogP contribution in [0.1, 0.15) is 42.1 Å². The van der Waals surface area contributed by atoms with E-state index in [0.717, 1.165) is 16.7 Å². The van der Waals surface area contributed by atoms with Crippen molar-refractivity contribution in [2.45, 2.75) is 33.4 Å². The number of fused-ring (bicyclic) bond motifs is 1. The van der Waals surface area contributed by atoms with E-state index in [1.54, 1.807) is 49.8 Å². The van der Waals surface area contributed by atoms with E-state index in [4.69, 9.17) is 37.4 Å². The lowest BCUT2D eigenvalue weighted by Crippen LogP contribution is -2.39. The van der Waals surface area contributed by atoms with Crippen LogP contribution >= 0.6 is 50.5 Å². The molecule has 0 unspecified atom stereocenters. The molecule has 0 radical (unpaired) electrons. The van der Waals surface area contributed by atoms with Gasteiger partial charge in [-0.05, 0) is 83.7 Å². The lowest BCUT2D eigenvalue weighted by atomic mass is 9.95. The summed E-state index contributed by atoms with van der Waals surface area (Å²) in [7, 11) is 1.55. The third-order valence-electron chi connectivity index (χ3n) is 6.83. The summed E-state index contributed by atoms with van der Waals surface area (Å²) in [4.78, 5) is 32.2. The molecular weight excluding hydrogens is 675 g/mol. The molecule has 0 N–H and O–H groups in total. The van der Waals surface area contributed by atoms with Gasteiger partial charge in [-0.15, -0.1) is 0 Å². The first-order valence-electron chi connectivity index (χ1n) is 13.3. The molecule has 2 heterocycles. The Labute approximate surface area is 270 Å². The Morgan fingerprint density at radius 2 is 1.84 bits per heavy atom. The normalized spacial score (nSPS) is 14.8. The summed E-state index contributed by atoms with van der Waals surface area (Å²) in [6.45, 7) is 5.96. The molecule has 0 saturated carbocycles. The molecule has 0 amide bonds. The fraction of sp³-hybridized carbons (Fsp3) is 0.219. The number of hydrogen-bond acceptors (Lipinski definition) is 7. The second-order valence-electron chi connectivity index (χ2n) is 9.78. The van der Waals surface area contributed by atoms with Gasteiger partial charge in [-0.1, -0.05) is 70.4 Å². The number of hydrogen-bond donors (Lipinski definition) is 0. The second kappa shape index (κ2) is 13.1. The van der Waals surface area contributed by atoms with Gasteiger partial charge in [-0.3, -0.25) is 9.36 Å². The van der Waals surface area contributed by atoms with Crippen molar-refractivity contribution in [2.24, 2.45) is 4.99 Å². The molecule has 1 aliphatic rings. The highest BCUT2D eigenvalue weighted by molar-refractivity contribution is 9.10. The van der Waals surface area contributed by atoms with Crippen LogP contribution in [0.25, 0.3) is 6.08 Å². The minimum atomic E-state index is -0.670. The number of methoxy groups -OCH3 is 1. The minimum Gasteiger partial charge on any atom is -0.493 e. The topological polar surface area (TPSA) is 79.1 Å². The van der Waals surface area contributed by atoms with Crippen LogP contribution in [-0.2, 0) is 16.1 Å². The Morgan fingerprint density at radius 1 is 1.09 bits per heavy atom. The van der Waals surface area contributed by atoms with Crippen molar-refractivity contribution >= 4 is 62.5 Å². The zero-order chi connectivity index (χ0) is 30.8. The lowest BCUT2D eigenvalue weighted by molar-refractivity contribution is -0.139. The molecule has 3 aromatic carbocycles. The van der Waals surface area contributed by atoms with Crippen molar-refractivity contribution in [3.8, 4) is 11.5 Å². The number of aromatic nitrogens is 1. The van der Waals surface area contributed by atoms with Gasteiger partial charge in [0, 0.05) is 0 Å². The van der Waals surface area contributed by atoms with Gasteiger partial charge < -0.3 is 14.2 Å². The highest BCUT2D eigenvalue weighted by atomic mass is 79.9. The smallest absolute Gasteiger partial charge is 0.338 e. The predicted molar refractivity (Wildman–Crippen MR) is 173 cm³/mol. The van der Waals surface area contributed by atoms with Crippen LogP contribution in [0.4, 0.5) is 0 Å². The SMILES string of the molecule is CCOC(=O)C1=C(C)N=c2s/c(=C/c3cc(Br)c(OCc4ccc(Cl)c(Cl)c4)c(OC)c3)c(=O)n2[C@H]1c1ccc(C)cc1. The summed E-state index contributed by atoms with van der Waals surface area (Å²) in [5.41, 5.74) is 4.01. The molecule has 11 heteroatoms. The van der Waals surface area contributed by atoms with Gasteiger partial charge in [0.25, 0.3) is 5.56 Å². The Hall–Kier alpha value is -3.37. The van der Waals surface area contributed by atoms with Gasteiger partial charge in [0.15, 0.2) is 16.3 Å². The van der Waals surface area contributed by atoms with E-state index < -0.39 is 12.0 Å². The Balaban J connectivity index is 1.56. The average molecular weight is 702 g/mol. The van der Waals surface area contributed by atoms with E-state index in [-0.39, 0.29) is 18.8 Å². The summed E-state index contributed by atoms with van der Waals surface area (Å²) in [6.07, 6.45) is 1.77. The van der Waals surface area contributed by atoms with E-state index in [1.807, 2.05) is 43.3 Å². The van der Waals surface area contributed by atoms with Crippen molar-refractivity contribution < 1.29 is 19.0 Å². The van der Waals surface area contributed by atoms with Crippen LogP contribution in [0, 0.1) is 6.92 Å². The Morgan fingerprint density at radius 3 is 2.51 bits per heavy atom. The Bertz CT molecular complexity index is 1930. The number of aryl methyl sites for hydroxylation is 1. The van der Waals surface area contributed by atoms with Crippen molar-refractivity contribution in [1.29, 1.82) is 0 Å². The number of esters is 1. The highest BCUT2D eigenvalue weighted by Gasteiger charge is 2.33. The van der Waals surface area contributed by atoms with Gasteiger partial charge >= 0.3 is 5.97 Å². The molecule has 1 aromatic heterocycles. The summed E-state index contributed by atoms with van der Waals surface area (Å²) in [6, 6.07) is 16.0. The molecule has 222 valence electrons. The molecule has 4 aromatic rings. The third-order valence-corrected chi connectivity index (χ3v) is 9.14. The van der Waals surface area contributed by atoms with Gasteiger partial charge in [0.2, 0.25) is 0 Å². The van der Waals surface area contributed by atoms with Gasteiger partial charge in [-0.2, -0.15) is 0 Å². The van der Waals surface area contributed by atoms with Crippen LogP contribution in [0.3, 0.4) is 0 Å². The van der Waals surface area contributed by atoms with Crippen molar-refractivity contribution in [3.05, 3.63) is 122 Å². The summed E-state index contributed by atoms with van der Waals surface area (Å²) >= 11 is 17.0. The molecule has 0 spiro atoms. The van der Waals surface area contributed by atoms with Crippen LogP contribution in [0.5, 0.6) is 11.5 Å². The zero-order valence-electron chi connectivity index (χ0n) is 23.7. The minimum absolute atomic E-state index is 0.213. The molecular formula is C32H27BrCl2N2O5S. The maximum absolute atomic E-state index is 13.9. The number of thiazole rings is 1. The molecule has 0 saturated heterocycles. The number of carbonyl (C=O) groups is 1. The van der Waals surface area contributed by atoms with Gasteiger partial charge in [0.05, 0.1) is 50.1 Å². The number of nitrogens with zero attached hydrogens (tertiary/aromatic N) is 2. The second-order valence-corrected chi connectivity index (χ2v) is 12.5. The first-order chi connectivity index (χ1) is 20.6. The molecule has 5 rings (SSSR count). The average Bonchev–Trinajstić information content (AvgIpc) is 3.27. The number of allylic oxidation sites excluding steroid dienone is 1.